The van der Waals surface area contributed by atoms with Gasteiger partial charge in [-0.05, 0) is 31.1 Å². The van der Waals surface area contributed by atoms with E-state index in [4.69, 9.17) is 14.2 Å². The van der Waals surface area contributed by atoms with E-state index in [-0.39, 0.29) is 31.1 Å². The van der Waals surface area contributed by atoms with Crippen LogP contribution < -0.4 is 0 Å². The van der Waals surface area contributed by atoms with Crippen molar-refractivity contribution in [3.8, 4) is 0 Å². The third-order valence-corrected chi connectivity index (χ3v) is 11.1. The predicted molar refractivity (Wildman–Crippen MR) is 229 cm³/mol. The molecule has 1 unspecified atom stereocenters. The summed E-state index contributed by atoms with van der Waals surface area (Å²) in [5.41, 5.74) is 0. The first-order chi connectivity index (χ1) is 26.3. The summed E-state index contributed by atoms with van der Waals surface area (Å²) in [7, 11) is 0. The van der Waals surface area contributed by atoms with E-state index in [1.54, 1.807) is 0 Å². The molecule has 0 aliphatic heterocycles. The van der Waals surface area contributed by atoms with Crippen LogP contribution in [0.2, 0.25) is 0 Å². The van der Waals surface area contributed by atoms with E-state index in [9.17, 15) is 14.4 Å². The van der Waals surface area contributed by atoms with Gasteiger partial charge in [0.15, 0.2) is 6.10 Å². The van der Waals surface area contributed by atoms with Gasteiger partial charge in [0, 0.05) is 19.3 Å². The standard InChI is InChI=1S/C48H92O6/c1-6-8-9-10-11-12-13-14-15-16-17-24-30-35-40-48(51)54-45(42-53-47(50)39-34-29-25-20-21-26-31-36-43(3)4)41-52-46(49)38-33-28-23-19-18-22-27-32-37-44(5)7-2/h43-45H,6-42H2,1-5H3/t44?,45-/m0/s1. The van der Waals surface area contributed by atoms with E-state index in [0.717, 1.165) is 69.6 Å². The minimum atomic E-state index is -0.761. The molecule has 54 heavy (non-hydrogen) atoms. The lowest BCUT2D eigenvalue weighted by molar-refractivity contribution is -0.167. The Morgan fingerprint density at radius 3 is 1.06 bits per heavy atom. The van der Waals surface area contributed by atoms with Crippen molar-refractivity contribution in [2.75, 3.05) is 13.2 Å². The van der Waals surface area contributed by atoms with Crippen molar-refractivity contribution in [2.45, 2.75) is 265 Å². The average Bonchev–Trinajstić information content (AvgIpc) is 3.15. The topological polar surface area (TPSA) is 78.9 Å². The van der Waals surface area contributed by atoms with Crippen LogP contribution >= 0.6 is 0 Å². The first-order valence-electron chi connectivity index (χ1n) is 23.8. The van der Waals surface area contributed by atoms with Crippen LogP contribution in [0.25, 0.3) is 0 Å². The Labute approximate surface area is 336 Å². The second-order valence-electron chi connectivity index (χ2n) is 17.1. The van der Waals surface area contributed by atoms with Crippen LogP contribution in [0, 0.1) is 11.8 Å². The zero-order valence-electron chi connectivity index (χ0n) is 36.8. The Morgan fingerprint density at radius 2 is 0.704 bits per heavy atom. The molecule has 0 aromatic heterocycles. The third kappa shape index (κ3) is 40.1. The molecule has 0 saturated carbocycles. The maximum Gasteiger partial charge on any atom is 0.306 e. The molecule has 6 heteroatoms. The molecular weight excluding hydrogens is 673 g/mol. The van der Waals surface area contributed by atoms with Crippen LogP contribution in [0.4, 0.5) is 0 Å². The maximum absolute atomic E-state index is 12.7. The Balaban J connectivity index is 4.34. The number of carbonyl (C=O) groups is 3. The number of hydrogen-bond acceptors (Lipinski definition) is 6. The molecule has 0 amide bonds. The van der Waals surface area contributed by atoms with Crippen molar-refractivity contribution in [3.05, 3.63) is 0 Å². The normalized spacial score (nSPS) is 12.6. The number of esters is 3. The fourth-order valence-corrected chi connectivity index (χ4v) is 7.07. The van der Waals surface area contributed by atoms with Gasteiger partial charge < -0.3 is 14.2 Å². The highest BCUT2D eigenvalue weighted by Crippen LogP contribution is 2.17. The smallest absolute Gasteiger partial charge is 0.306 e. The molecular formula is C48H92O6. The first kappa shape index (κ1) is 52.4. The Hall–Kier alpha value is -1.59. The molecule has 320 valence electrons. The lowest BCUT2D eigenvalue weighted by atomic mass is 9.99. The van der Waals surface area contributed by atoms with Crippen LogP contribution in [0.1, 0.15) is 259 Å². The quantitative estimate of drug-likeness (QED) is 0.0350. The van der Waals surface area contributed by atoms with Gasteiger partial charge in [0.05, 0.1) is 0 Å². The molecule has 0 N–H and O–H groups in total. The van der Waals surface area contributed by atoms with E-state index in [1.807, 2.05) is 0 Å². The molecule has 0 fully saturated rings. The maximum atomic E-state index is 12.7. The van der Waals surface area contributed by atoms with Gasteiger partial charge in [0.2, 0.25) is 0 Å². The summed E-state index contributed by atoms with van der Waals surface area (Å²) in [5, 5.41) is 0. The molecule has 0 rings (SSSR count). The van der Waals surface area contributed by atoms with Crippen LogP contribution in [-0.2, 0) is 28.6 Å². The van der Waals surface area contributed by atoms with Gasteiger partial charge in [-0.15, -0.1) is 0 Å². The molecule has 0 aromatic carbocycles. The summed E-state index contributed by atoms with van der Waals surface area (Å²) in [4.78, 5) is 37.7. The van der Waals surface area contributed by atoms with Crippen molar-refractivity contribution >= 4 is 17.9 Å². The van der Waals surface area contributed by atoms with Crippen LogP contribution in [-0.4, -0.2) is 37.2 Å². The second kappa shape index (κ2) is 41.1. The van der Waals surface area contributed by atoms with Gasteiger partial charge in [-0.1, -0.05) is 221 Å². The molecule has 0 saturated heterocycles. The lowest BCUT2D eigenvalue weighted by Crippen LogP contribution is -2.30. The minimum absolute atomic E-state index is 0.0654. The van der Waals surface area contributed by atoms with Crippen LogP contribution in [0.5, 0.6) is 0 Å². The Kier molecular flexibility index (Phi) is 39.8. The minimum Gasteiger partial charge on any atom is -0.462 e. The van der Waals surface area contributed by atoms with E-state index >= 15 is 0 Å². The van der Waals surface area contributed by atoms with Crippen molar-refractivity contribution in [2.24, 2.45) is 11.8 Å². The molecule has 0 heterocycles. The van der Waals surface area contributed by atoms with Crippen LogP contribution in [0.3, 0.4) is 0 Å². The summed E-state index contributed by atoms with van der Waals surface area (Å²) in [6.07, 6.45) is 39.4. The summed E-state index contributed by atoms with van der Waals surface area (Å²) in [6, 6.07) is 0. The highest BCUT2D eigenvalue weighted by molar-refractivity contribution is 5.71. The molecule has 0 aliphatic carbocycles. The van der Waals surface area contributed by atoms with Gasteiger partial charge in [-0.2, -0.15) is 0 Å². The van der Waals surface area contributed by atoms with Gasteiger partial charge in [0.1, 0.15) is 13.2 Å². The molecule has 0 spiro atoms. The molecule has 6 nitrogen and oxygen atoms in total. The molecule has 0 aromatic rings. The van der Waals surface area contributed by atoms with Gasteiger partial charge in [-0.25, -0.2) is 0 Å². The zero-order valence-corrected chi connectivity index (χ0v) is 36.8. The number of carbonyl (C=O) groups excluding carboxylic acids is 3. The molecule has 2 atom stereocenters. The van der Waals surface area contributed by atoms with Crippen molar-refractivity contribution < 1.29 is 28.6 Å². The number of unbranched alkanes of at least 4 members (excludes halogenated alkanes) is 26. The fraction of sp³-hybridized carbons (Fsp3) is 0.938. The first-order valence-corrected chi connectivity index (χ1v) is 23.8. The van der Waals surface area contributed by atoms with Gasteiger partial charge >= 0.3 is 17.9 Å². The third-order valence-electron chi connectivity index (χ3n) is 11.1. The fourth-order valence-electron chi connectivity index (χ4n) is 7.07. The monoisotopic (exact) mass is 765 g/mol. The van der Waals surface area contributed by atoms with Crippen molar-refractivity contribution in [1.29, 1.82) is 0 Å². The summed E-state index contributed by atoms with van der Waals surface area (Å²) in [6.45, 7) is 11.3. The number of ether oxygens (including phenoxy) is 3. The zero-order chi connectivity index (χ0) is 39.7. The molecule has 0 bridgehead atoms. The van der Waals surface area contributed by atoms with E-state index in [2.05, 4.69) is 34.6 Å². The van der Waals surface area contributed by atoms with E-state index < -0.39 is 6.10 Å². The summed E-state index contributed by atoms with van der Waals surface area (Å²) < 4.78 is 16.7. The summed E-state index contributed by atoms with van der Waals surface area (Å²) in [5.74, 6) is 0.771. The van der Waals surface area contributed by atoms with Gasteiger partial charge in [-0.3, -0.25) is 14.4 Å². The highest BCUT2D eigenvalue weighted by atomic mass is 16.6. The van der Waals surface area contributed by atoms with Crippen molar-refractivity contribution in [3.63, 3.8) is 0 Å². The van der Waals surface area contributed by atoms with Crippen LogP contribution in [0.15, 0.2) is 0 Å². The van der Waals surface area contributed by atoms with E-state index in [1.165, 1.54) is 148 Å². The van der Waals surface area contributed by atoms with E-state index in [0.29, 0.717) is 19.3 Å². The van der Waals surface area contributed by atoms with Gasteiger partial charge in [0.25, 0.3) is 0 Å². The Bertz CT molecular complexity index is 826. The number of hydrogen-bond donors (Lipinski definition) is 0. The summed E-state index contributed by atoms with van der Waals surface area (Å²) >= 11 is 0. The Morgan fingerprint density at radius 1 is 0.389 bits per heavy atom. The highest BCUT2D eigenvalue weighted by Gasteiger charge is 2.19. The predicted octanol–water partition coefficient (Wildman–Crippen LogP) is 15.0. The van der Waals surface area contributed by atoms with Crippen molar-refractivity contribution in [1.82, 2.24) is 0 Å². The number of rotatable bonds is 42. The SMILES string of the molecule is CCCCCCCCCCCCCCCCC(=O)O[C@@H](COC(=O)CCCCCCCCCCC(C)CC)COC(=O)CCCCCCCCCC(C)C. The average molecular weight is 765 g/mol. The second-order valence-corrected chi connectivity index (χ2v) is 17.1. The molecule has 0 radical (unpaired) electrons. The molecule has 0 aliphatic rings. The largest absolute Gasteiger partial charge is 0.462 e. The lowest BCUT2D eigenvalue weighted by Gasteiger charge is -2.18.